The zero-order valence-electron chi connectivity index (χ0n) is 15.0. The van der Waals surface area contributed by atoms with Gasteiger partial charge in [-0.2, -0.15) is 5.10 Å². The van der Waals surface area contributed by atoms with E-state index >= 15 is 0 Å². The highest BCUT2D eigenvalue weighted by molar-refractivity contribution is 8.00. The summed E-state index contributed by atoms with van der Waals surface area (Å²) >= 11 is 1.47. The van der Waals surface area contributed by atoms with Crippen LogP contribution in [-0.2, 0) is 16.8 Å². The van der Waals surface area contributed by atoms with E-state index in [0.29, 0.717) is 5.75 Å². The molecule has 5 nitrogen and oxygen atoms in total. The van der Waals surface area contributed by atoms with E-state index in [4.69, 9.17) is 0 Å². The zero-order valence-corrected chi connectivity index (χ0v) is 15.8. The summed E-state index contributed by atoms with van der Waals surface area (Å²) in [6.45, 7) is 6.45. The summed E-state index contributed by atoms with van der Waals surface area (Å²) in [5.41, 5.74) is 2.35. The monoisotopic (exact) mass is 359 g/mol. The third-order valence-electron chi connectivity index (χ3n) is 4.36. The van der Waals surface area contributed by atoms with Gasteiger partial charge in [0.2, 0.25) is 5.91 Å². The van der Waals surface area contributed by atoms with Crippen LogP contribution in [0.3, 0.4) is 0 Å². The number of phenols is 1. The maximum Gasteiger partial charge on any atom is 0.230 e. The number of rotatable bonds is 4. The number of carbonyl (C=O) groups is 1. The minimum Gasteiger partial charge on any atom is -0.508 e. The van der Waals surface area contributed by atoms with E-state index in [1.54, 1.807) is 12.1 Å². The third kappa shape index (κ3) is 4.18. The molecule has 0 bridgehead atoms. The lowest BCUT2D eigenvalue weighted by atomic mass is 9.92. The van der Waals surface area contributed by atoms with E-state index in [2.05, 4.69) is 35.9 Å². The molecular weight excluding hydrogens is 334 g/mol. The second-order valence-electron chi connectivity index (χ2n) is 7.42. The molecule has 2 N–H and O–H groups in total. The van der Waals surface area contributed by atoms with E-state index in [-0.39, 0.29) is 23.2 Å². The number of carbonyl (C=O) groups excluding carboxylic acids is 1. The van der Waals surface area contributed by atoms with Gasteiger partial charge in [-0.05, 0) is 64.3 Å². The predicted octanol–water partition coefficient (Wildman–Crippen LogP) is 3.63. The maximum absolute atomic E-state index is 12.4. The number of phenolic OH excluding ortho intramolecular Hbond substituents is 1. The van der Waals surface area contributed by atoms with Gasteiger partial charge in [0.25, 0.3) is 0 Å². The molecule has 3 rings (SSSR count). The Balaban J connectivity index is 1.63. The van der Waals surface area contributed by atoms with Crippen LogP contribution in [0.25, 0.3) is 0 Å². The number of nitrogens with one attached hydrogen (secondary N) is 1. The van der Waals surface area contributed by atoms with Crippen LogP contribution >= 0.6 is 11.8 Å². The van der Waals surface area contributed by atoms with E-state index in [9.17, 15) is 9.90 Å². The molecule has 0 radical (unpaired) electrons. The van der Waals surface area contributed by atoms with Crippen LogP contribution in [0.4, 0.5) is 0 Å². The van der Waals surface area contributed by atoms with Crippen molar-refractivity contribution in [3.63, 3.8) is 0 Å². The summed E-state index contributed by atoms with van der Waals surface area (Å²) in [6, 6.07) is 6.95. The number of aromatic nitrogens is 2. The van der Waals surface area contributed by atoms with Gasteiger partial charge in [0.15, 0.2) is 0 Å². The molecular formula is C19H25N3O2S. The molecule has 1 aliphatic carbocycles. The first-order valence-electron chi connectivity index (χ1n) is 8.63. The second kappa shape index (κ2) is 7.12. The normalized spacial score (nSPS) is 17.2. The minimum atomic E-state index is -0.0474. The lowest BCUT2D eigenvalue weighted by Gasteiger charge is -2.28. The van der Waals surface area contributed by atoms with Crippen LogP contribution in [0, 0.1) is 0 Å². The molecule has 25 heavy (non-hydrogen) atoms. The fourth-order valence-electron chi connectivity index (χ4n) is 3.21. The van der Waals surface area contributed by atoms with E-state index in [1.165, 1.54) is 17.5 Å². The van der Waals surface area contributed by atoms with Crippen molar-refractivity contribution in [3.05, 3.63) is 41.7 Å². The highest BCUT2D eigenvalue weighted by atomic mass is 32.2. The summed E-state index contributed by atoms with van der Waals surface area (Å²) < 4.78 is 2.09. The second-order valence-corrected chi connectivity index (χ2v) is 8.47. The van der Waals surface area contributed by atoms with Crippen LogP contribution in [-0.4, -0.2) is 26.5 Å². The Labute approximate surface area is 152 Å². The van der Waals surface area contributed by atoms with Crippen LogP contribution in [0.15, 0.2) is 35.4 Å². The van der Waals surface area contributed by atoms with Crippen LogP contribution in [0.2, 0.25) is 0 Å². The van der Waals surface area contributed by atoms with Crippen LogP contribution in [0.1, 0.15) is 50.9 Å². The Kier molecular flexibility index (Phi) is 5.08. The molecule has 2 aromatic rings. The first kappa shape index (κ1) is 17.9. The van der Waals surface area contributed by atoms with Crippen molar-refractivity contribution in [2.24, 2.45) is 0 Å². The molecule has 134 valence electrons. The number of thioether (sulfide) groups is 1. The van der Waals surface area contributed by atoms with E-state index in [1.807, 2.05) is 18.3 Å². The summed E-state index contributed by atoms with van der Waals surface area (Å²) in [7, 11) is 0. The molecule has 0 saturated carbocycles. The highest BCUT2D eigenvalue weighted by Gasteiger charge is 2.28. The molecule has 0 spiro atoms. The minimum absolute atomic E-state index is 0.0273. The van der Waals surface area contributed by atoms with Crippen molar-refractivity contribution < 1.29 is 9.90 Å². The predicted molar refractivity (Wildman–Crippen MR) is 99.9 cm³/mol. The van der Waals surface area contributed by atoms with Crippen molar-refractivity contribution in [3.8, 4) is 5.75 Å². The molecule has 0 fully saturated rings. The van der Waals surface area contributed by atoms with Crippen molar-refractivity contribution in [2.75, 3.05) is 5.75 Å². The quantitative estimate of drug-likeness (QED) is 0.818. The van der Waals surface area contributed by atoms with Gasteiger partial charge in [-0.3, -0.25) is 9.48 Å². The fraction of sp³-hybridized carbons (Fsp3) is 0.474. The van der Waals surface area contributed by atoms with Gasteiger partial charge in [0.05, 0.1) is 23.5 Å². The van der Waals surface area contributed by atoms with Crippen LogP contribution < -0.4 is 5.32 Å². The smallest absolute Gasteiger partial charge is 0.230 e. The number of nitrogens with zero attached hydrogens (tertiary/aromatic N) is 2. The molecule has 1 aliphatic rings. The number of aromatic hydroxyl groups is 1. The molecule has 0 aliphatic heterocycles. The van der Waals surface area contributed by atoms with Crippen molar-refractivity contribution >= 4 is 17.7 Å². The van der Waals surface area contributed by atoms with Gasteiger partial charge in [0.1, 0.15) is 5.75 Å². The van der Waals surface area contributed by atoms with Gasteiger partial charge in [-0.1, -0.05) is 0 Å². The van der Waals surface area contributed by atoms with E-state index < -0.39 is 0 Å². The van der Waals surface area contributed by atoms with Gasteiger partial charge in [-0.25, -0.2) is 0 Å². The fourth-order valence-corrected chi connectivity index (χ4v) is 3.92. The first-order chi connectivity index (χ1) is 11.8. The summed E-state index contributed by atoms with van der Waals surface area (Å²) in [5.74, 6) is 0.628. The number of amides is 1. The Morgan fingerprint density at radius 2 is 2.08 bits per heavy atom. The average Bonchev–Trinajstić information content (AvgIpc) is 3.00. The number of benzene rings is 1. The lowest BCUT2D eigenvalue weighted by Crippen LogP contribution is -2.33. The Morgan fingerprint density at radius 3 is 2.76 bits per heavy atom. The zero-order chi connectivity index (χ0) is 18.0. The van der Waals surface area contributed by atoms with E-state index in [0.717, 1.165) is 29.7 Å². The molecule has 6 heteroatoms. The largest absolute Gasteiger partial charge is 0.508 e. The molecule has 0 saturated heterocycles. The topological polar surface area (TPSA) is 67.2 Å². The Bertz CT molecular complexity index is 747. The lowest BCUT2D eigenvalue weighted by molar-refractivity contribution is -0.119. The van der Waals surface area contributed by atoms with Gasteiger partial charge < -0.3 is 10.4 Å². The molecule has 1 aromatic heterocycles. The standard InChI is InChI=1S/C19H25N3O2S/c1-19(2,3)22-17-6-4-5-16(15(17)11-20-22)21-18(24)12-25-14-9-7-13(23)8-10-14/h7-11,16,23H,4-6,12H2,1-3H3,(H,21,24). The molecule has 1 heterocycles. The number of hydrogen-bond acceptors (Lipinski definition) is 4. The highest BCUT2D eigenvalue weighted by Crippen LogP contribution is 2.32. The summed E-state index contributed by atoms with van der Waals surface area (Å²) in [5, 5.41) is 17.0. The third-order valence-corrected chi connectivity index (χ3v) is 5.37. The average molecular weight is 359 g/mol. The van der Waals surface area contributed by atoms with Crippen molar-refractivity contribution in [2.45, 2.75) is 56.5 Å². The van der Waals surface area contributed by atoms with Gasteiger partial charge in [-0.15, -0.1) is 11.8 Å². The van der Waals surface area contributed by atoms with Gasteiger partial charge >= 0.3 is 0 Å². The summed E-state index contributed by atoms with van der Waals surface area (Å²) in [6.07, 6.45) is 4.95. The summed E-state index contributed by atoms with van der Waals surface area (Å²) in [4.78, 5) is 13.3. The Hall–Kier alpha value is -1.95. The first-order valence-corrected chi connectivity index (χ1v) is 9.61. The molecule has 1 amide bonds. The van der Waals surface area contributed by atoms with Gasteiger partial charge in [0, 0.05) is 16.2 Å². The van der Waals surface area contributed by atoms with Crippen molar-refractivity contribution in [1.29, 1.82) is 0 Å². The van der Waals surface area contributed by atoms with Crippen molar-refractivity contribution in [1.82, 2.24) is 15.1 Å². The molecule has 1 aromatic carbocycles. The molecule has 1 atom stereocenters. The maximum atomic E-state index is 12.4. The SMILES string of the molecule is CC(C)(C)n1ncc2c1CCCC2NC(=O)CSc1ccc(O)cc1. The number of hydrogen-bond donors (Lipinski definition) is 2. The molecule has 1 unspecified atom stereocenters. The van der Waals surface area contributed by atoms with Crippen LogP contribution in [0.5, 0.6) is 5.75 Å². The Morgan fingerprint density at radius 1 is 1.36 bits per heavy atom. The number of fused-ring (bicyclic) bond motifs is 1.